The van der Waals surface area contributed by atoms with Gasteiger partial charge in [-0.05, 0) is 19.4 Å². The summed E-state index contributed by atoms with van der Waals surface area (Å²) in [5.74, 6) is -1.86. The van der Waals surface area contributed by atoms with E-state index in [4.69, 9.17) is 0 Å². The van der Waals surface area contributed by atoms with Crippen LogP contribution in [0.1, 0.15) is 12.8 Å². The highest BCUT2D eigenvalue weighted by molar-refractivity contribution is 5.81. The summed E-state index contributed by atoms with van der Waals surface area (Å²) in [6, 6.07) is -0.00806. The van der Waals surface area contributed by atoms with Crippen molar-refractivity contribution in [1.82, 2.24) is 10.6 Å². The van der Waals surface area contributed by atoms with Crippen molar-refractivity contribution in [2.24, 2.45) is 0 Å². The summed E-state index contributed by atoms with van der Waals surface area (Å²) in [6.07, 6.45) is -3.00. The van der Waals surface area contributed by atoms with Gasteiger partial charge in [-0.3, -0.25) is 4.79 Å². The minimum absolute atomic E-state index is 0.00806. The molecular formula is C7H11F3N2O. The second kappa shape index (κ2) is 3.95. The van der Waals surface area contributed by atoms with E-state index in [9.17, 15) is 18.0 Å². The number of carbonyl (C=O) groups is 1. The van der Waals surface area contributed by atoms with Crippen LogP contribution < -0.4 is 10.6 Å². The van der Waals surface area contributed by atoms with E-state index in [0.29, 0.717) is 0 Å². The molecule has 1 fully saturated rings. The first kappa shape index (κ1) is 10.3. The Kier molecular flexibility index (Phi) is 3.13. The lowest BCUT2D eigenvalue weighted by Crippen LogP contribution is -2.43. The molecule has 13 heavy (non-hydrogen) atoms. The lowest BCUT2D eigenvalue weighted by Gasteiger charge is -2.12. The van der Waals surface area contributed by atoms with Gasteiger partial charge in [0.05, 0.1) is 0 Å². The van der Waals surface area contributed by atoms with Crippen LogP contribution in [-0.2, 0) is 4.79 Å². The van der Waals surface area contributed by atoms with Crippen LogP contribution in [0.5, 0.6) is 0 Å². The molecule has 1 saturated heterocycles. The summed E-state index contributed by atoms with van der Waals surface area (Å²) >= 11 is 0. The molecule has 3 nitrogen and oxygen atoms in total. The lowest BCUT2D eigenvalue weighted by molar-refractivity contribution is -0.173. The van der Waals surface area contributed by atoms with E-state index in [0.717, 1.165) is 19.4 Å². The topological polar surface area (TPSA) is 41.1 Å². The van der Waals surface area contributed by atoms with E-state index in [1.165, 1.54) is 0 Å². The summed E-state index contributed by atoms with van der Waals surface area (Å²) in [7, 11) is 0. The summed E-state index contributed by atoms with van der Waals surface area (Å²) in [6.45, 7) is 0.866. The normalized spacial score (nSPS) is 23.2. The smallest absolute Gasteiger partial charge is 0.347 e. The average molecular weight is 196 g/mol. The highest BCUT2D eigenvalue weighted by Gasteiger charge is 2.38. The molecule has 0 aliphatic carbocycles. The van der Waals surface area contributed by atoms with Crippen LogP contribution in [0.3, 0.4) is 0 Å². The molecule has 0 saturated carbocycles. The Bertz CT molecular complexity index is 187. The van der Waals surface area contributed by atoms with Crippen molar-refractivity contribution < 1.29 is 18.0 Å². The number of hydrogen-bond donors (Lipinski definition) is 2. The van der Waals surface area contributed by atoms with Crippen LogP contribution in [0.4, 0.5) is 13.2 Å². The first-order chi connectivity index (χ1) is 6.00. The minimum Gasteiger partial charge on any atom is -0.347 e. The quantitative estimate of drug-likeness (QED) is 0.672. The van der Waals surface area contributed by atoms with Gasteiger partial charge in [0, 0.05) is 12.6 Å². The summed E-state index contributed by atoms with van der Waals surface area (Å²) in [4.78, 5) is 10.4. The molecule has 0 spiro atoms. The number of nitrogens with one attached hydrogen (secondary N) is 2. The zero-order valence-electron chi connectivity index (χ0n) is 6.95. The predicted molar refractivity (Wildman–Crippen MR) is 40.1 cm³/mol. The molecule has 0 aromatic heterocycles. The van der Waals surface area contributed by atoms with Gasteiger partial charge in [-0.15, -0.1) is 0 Å². The Balaban J connectivity index is 2.22. The fourth-order valence-corrected chi connectivity index (χ4v) is 1.25. The second-order valence-corrected chi connectivity index (χ2v) is 3.00. The van der Waals surface area contributed by atoms with Crippen LogP contribution in [-0.4, -0.2) is 31.2 Å². The van der Waals surface area contributed by atoms with Crippen LogP contribution in [0.25, 0.3) is 0 Å². The maximum Gasteiger partial charge on any atom is 0.471 e. The Morgan fingerprint density at radius 2 is 2.23 bits per heavy atom. The molecule has 2 N–H and O–H groups in total. The Morgan fingerprint density at radius 3 is 2.69 bits per heavy atom. The number of halogens is 3. The molecule has 1 aliphatic heterocycles. The summed E-state index contributed by atoms with van der Waals surface area (Å²) in [5.41, 5.74) is 0. The van der Waals surface area contributed by atoms with Gasteiger partial charge < -0.3 is 10.6 Å². The van der Waals surface area contributed by atoms with Gasteiger partial charge in [-0.25, -0.2) is 0 Å². The number of rotatable bonds is 2. The van der Waals surface area contributed by atoms with Gasteiger partial charge in [0.2, 0.25) is 0 Å². The molecule has 6 heteroatoms. The zero-order valence-corrected chi connectivity index (χ0v) is 6.95. The Morgan fingerprint density at radius 1 is 1.54 bits per heavy atom. The van der Waals surface area contributed by atoms with Crippen molar-refractivity contribution in [2.45, 2.75) is 25.1 Å². The van der Waals surface area contributed by atoms with Gasteiger partial charge in [-0.2, -0.15) is 13.2 Å². The van der Waals surface area contributed by atoms with E-state index in [-0.39, 0.29) is 12.6 Å². The molecule has 0 radical (unpaired) electrons. The number of carbonyl (C=O) groups excluding carboxylic acids is 1. The highest BCUT2D eigenvalue weighted by Crippen LogP contribution is 2.14. The van der Waals surface area contributed by atoms with Crippen molar-refractivity contribution in [1.29, 1.82) is 0 Å². The van der Waals surface area contributed by atoms with Crippen molar-refractivity contribution >= 4 is 5.91 Å². The Labute approximate surface area is 73.7 Å². The average Bonchev–Trinajstić information content (AvgIpc) is 2.50. The van der Waals surface area contributed by atoms with Crippen molar-refractivity contribution in [2.75, 3.05) is 13.1 Å². The molecule has 1 atom stereocenters. The molecule has 0 aromatic carbocycles. The van der Waals surface area contributed by atoms with Crippen LogP contribution in [0, 0.1) is 0 Å². The fourth-order valence-electron chi connectivity index (χ4n) is 1.25. The van der Waals surface area contributed by atoms with Gasteiger partial charge in [-0.1, -0.05) is 0 Å². The molecule has 1 amide bonds. The third kappa shape index (κ3) is 3.22. The molecule has 0 unspecified atom stereocenters. The van der Waals surface area contributed by atoms with E-state index in [2.05, 4.69) is 5.32 Å². The van der Waals surface area contributed by atoms with Crippen LogP contribution >= 0.6 is 0 Å². The molecule has 1 rings (SSSR count). The molecule has 0 bridgehead atoms. The van der Waals surface area contributed by atoms with Crippen LogP contribution in [0.2, 0.25) is 0 Å². The third-order valence-corrected chi connectivity index (χ3v) is 1.93. The van der Waals surface area contributed by atoms with E-state index in [1.807, 2.05) is 5.32 Å². The Hall–Kier alpha value is -0.780. The van der Waals surface area contributed by atoms with Gasteiger partial charge in [0.15, 0.2) is 0 Å². The second-order valence-electron chi connectivity index (χ2n) is 3.00. The maximum absolute atomic E-state index is 11.7. The van der Waals surface area contributed by atoms with Crippen molar-refractivity contribution in [3.05, 3.63) is 0 Å². The van der Waals surface area contributed by atoms with E-state index in [1.54, 1.807) is 0 Å². The SMILES string of the molecule is O=C(NC[C@H]1CCCN1)C(F)(F)F. The van der Waals surface area contributed by atoms with Gasteiger partial charge in [0.1, 0.15) is 0 Å². The number of alkyl halides is 3. The number of amides is 1. The van der Waals surface area contributed by atoms with E-state index < -0.39 is 12.1 Å². The fraction of sp³-hybridized carbons (Fsp3) is 0.857. The van der Waals surface area contributed by atoms with Crippen molar-refractivity contribution in [3.8, 4) is 0 Å². The van der Waals surface area contributed by atoms with Gasteiger partial charge in [0.25, 0.3) is 0 Å². The van der Waals surface area contributed by atoms with E-state index >= 15 is 0 Å². The molecule has 1 aliphatic rings. The molecule has 0 aromatic rings. The largest absolute Gasteiger partial charge is 0.471 e. The standard InChI is InChI=1S/C7H11F3N2O/c8-7(9,10)6(13)12-4-5-2-1-3-11-5/h5,11H,1-4H2,(H,12,13)/t5-/m1/s1. The number of hydrogen-bond acceptors (Lipinski definition) is 2. The molecule has 76 valence electrons. The van der Waals surface area contributed by atoms with Crippen LogP contribution in [0.15, 0.2) is 0 Å². The monoisotopic (exact) mass is 196 g/mol. The lowest BCUT2D eigenvalue weighted by atomic mass is 10.2. The predicted octanol–water partition coefficient (Wildman–Crippen LogP) is 0.417. The first-order valence-corrected chi connectivity index (χ1v) is 4.08. The summed E-state index contributed by atoms with van der Waals surface area (Å²) in [5, 5.41) is 4.82. The summed E-state index contributed by atoms with van der Waals surface area (Å²) < 4.78 is 35.1. The zero-order chi connectivity index (χ0) is 9.90. The molecular weight excluding hydrogens is 185 g/mol. The van der Waals surface area contributed by atoms with Gasteiger partial charge >= 0.3 is 12.1 Å². The minimum atomic E-state index is -4.77. The first-order valence-electron chi connectivity index (χ1n) is 4.08. The molecule has 1 heterocycles. The van der Waals surface area contributed by atoms with Crippen molar-refractivity contribution in [3.63, 3.8) is 0 Å². The maximum atomic E-state index is 11.7. The highest BCUT2D eigenvalue weighted by atomic mass is 19.4. The third-order valence-electron chi connectivity index (χ3n) is 1.93.